The van der Waals surface area contributed by atoms with E-state index in [1.165, 1.54) is 18.7 Å². The van der Waals surface area contributed by atoms with Crippen LogP contribution in [0.15, 0.2) is 0 Å². The fraction of sp³-hybridized carbons (Fsp3) is 0.667. The van der Waals surface area contributed by atoms with Crippen LogP contribution in [0, 0.1) is 0 Å². The Morgan fingerprint density at radius 2 is 2.27 bits per heavy atom. The van der Waals surface area contributed by atoms with Crippen LogP contribution in [-0.2, 0) is 4.79 Å². The summed E-state index contributed by atoms with van der Waals surface area (Å²) in [5, 5.41) is 5.56. The van der Waals surface area contributed by atoms with Gasteiger partial charge in [0.2, 0.25) is 5.91 Å². The number of carbonyl (C=O) groups is 1. The maximum Gasteiger partial charge on any atom is 0.299 e. The number of carbonyl (C=O) groups excluding carboxylic acids is 1. The smallest absolute Gasteiger partial charge is 0.299 e. The number of thioether (sulfide) groups is 1. The van der Waals surface area contributed by atoms with Crippen molar-refractivity contribution in [1.82, 2.24) is 4.90 Å². The molecule has 5 heteroatoms. The van der Waals surface area contributed by atoms with Crippen molar-refractivity contribution in [2.45, 2.75) is 6.92 Å². The van der Waals surface area contributed by atoms with E-state index in [-0.39, 0.29) is 5.91 Å². The lowest BCUT2D eigenvalue weighted by atomic mass is 10.5. The first-order valence-corrected chi connectivity index (χ1v) is 4.25. The van der Waals surface area contributed by atoms with Gasteiger partial charge in [0.25, 0.3) is 5.17 Å². The molecule has 0 aliphatic carbocycles. The number of amidine groups is 1. The summed E-state index contributed by atoms with van der Waals surface area (Å²) < 4.78 is 0. The van der Waals surface area contributed by atoms with E-state index in [0.29, 0.717) is 11.7 Å². The molecule has 0 atom stereocenters. The fourth-order valence-electron chi connectivity index (χ4n) is 0.458. The van der Waals surface area contributed by atoms with Gasteiger partial charge in [0.15, 0.2) is 0 Å². The summed E-state index contributed by atoms with van der Waals surface area (Å²) in [5.74, 6) is 0.805. The van der Waals surface area contributed by atoms with Gasteiger partial charge in [0.05, 0.1) is 0 Å². The van der Waals surface area contributed by atoms with Crippen LogP contribution in [0.4, 0.5) is 0 Å². The molecular weight excluding hydrogens is 162 g/mol. The zero-order chi connectivity index (χ0) is 8.85. The second-order valence-electron chi connectivity index (χ2n) is 2.19. The minimum Gasteiger partial charge on any atom is -0.345 e. The highest BCUT2D eigenvalue weighted by Crippen LogP contribution is 1.96. The third-order valence-electron chi connectivity index (χ3n) is 1.23. The van der Waals surface area contributed by atoms with Crippen LogP contribution in [0.1, 0.15) is 6.92 Å². The molecule has 0 fully saturated rings. The minimum atomic E-state index is 0.0567. The van der Waals surface area contributed by atoms with Crippen molar-refractivity contribution in [1.29, 1.82) is 0 Å². The molecule has 11 heavy (non-hydrogen) atoms. The van der Waals surface area contributed by atoms with Crippen LogP contribution < -0.4 is 11.1 Å². The number of amides is 1. The van der Waals surface area contributed by atoms with E-state index in [4.69, 9.17) is 11.1 Å². The average Bonchev–Trinajstić information content (AvgIpc) is 1.86. The Bertz CT molecular complexity index is 160. The highest BCUT2D eigenvalue weighted by atomic mass is 32.2. The molecule has 0 rings (SSSR count). The topological polar surface area (TPSA) is 71.9 Å². The van der Waals surface area contributed by atoms with Crippen molar-refractivity contribution in [2.24, 2.45) is 5.73 Å². The van der Waals surface area contributed by atoms with Gasteiger partial charge in [-0.15, -0.1) is 0 Å². The van der Waals surface area contributed by atoms with Gasteiger partial charge < -0.3 is 4.90 Å². The van der Waals surface area contributed by atoms with Gasteiger partial charge in [-0.25, -0.2) is 0 Å². The molecule has 0 aromatic carbocycles. The highest BCUT2D eigenvalue weighted by Gasteiger charge is 2.02. The van der Waals surface area contributed by atoms with E-state index in [0.717, 1.165) is 5.75 Å². The molecular formula is C6H14N3OS+. The molecule has 0 bridgehead atoms. The lowest BCUT2D eigenvalue weighted by Crippen LogP contribution is -2.43. The summed E-state index contributed by atoms with van der Waals surface area (Å²) in [6.45, 7) is 2.21. The molecule has 0 aromatic heterocycles. The first-order valence-electron chi connectivity index (χ1n) is 3.26. The predicted octanol–water partition coefficient (Wildman–Crippen LogP) is -1.73. The Morgan fingerprint density at radius 3 is 2.64 bits per heavy atom. The zero-order valence-electron chi connectivity index (χ0n) is 6.83. The van der Waals surface area contributed by atoms with E-state index < -0.39 is 0 Å². The molecule has 0 spiro atoms. The van der Waals surface area contributed by atoms with Gasteiger partial charge in [-0.2, -0.15) is 0 Å². The van der Waals surface area contributed by atoms with Crippen molar-refractivity contribution < 1.29 is 10.2 Å². The summed E-state index contributed by atoms with van der Waals surface area (Å²) in [4.78, 5) is 12.3. The van der Waals surface area contributed by atoms with Crippen molar-refractivity contribution in [3.05, 3.63) is 0 Å². The number of hydrogen-bond acceptors (Lipinski definition) is 2. The van der Waals surface area contributed by atoms with Gasteiger partial charge in [-0.3, -0.25) is 15.9 Å². The Kier molecular flexibility index (Phi) is 4.69. The summed E-state index contributed by atoms with van der Waals surface area (Å²) >= 11 is 1.36. The van der Waals surface area contributed by atoms with E-state index in [1.54, 1.807) is 11.9 Å². The lowest BCUT2D eigenvalue weighted by molar-refractivity contribution is -0.127. The second-order valence-corrected chi connectivity index (χ2v) is 3.36. The van der Waals surface area contributed by atoms with Crippen LogP contribution in [0.5, 0.6) is 0 Å². The molecule has 0 unspecified atom stereocenters. The summed E-state index contributed by atoms with van der Waals surface area (Å²) in [5.41, 5.74) is 5.21. The van der Waals surface area contributed by atoms with Crippen molar-refractivity contribution >= 4 is 22.8 Å². The standard InChI is InChI=1S/C6H13N3OS/c1-5(10)9(2)3-4-11-6(7)8/h3-4H2,1-2H3,(H3,7,8)/p+1. The van der Waals surface area contributed by atoms with Crippen LogP contribution in [0.3, 0.4) is 0 Å². The van der Waals surface area contributed by atoms with Crippen LogP contribution in [-0.4, -0.2) is 35.3 Å². The highest BCUT2D eigenvalue weighted by molar-refractivity contribution is 8.13. The molecule has 0 saturated heterocycles. The molecule has 0 radical (unpaired) electrons. The molecule has 0 aliphatic heterocycles. The SMILES string of the molecule is CC(=O)N(C)CCSC(N)=[NH2+]. The number of rotatable bonds is 3. The van der Waals surface area contributed by atoms with Gasteiger partial charge in [0.1, 0.15) is 0 Å². The Morgan fingerprint density at radius 1 is 1.73 bits per heavy atom. The maximum absolute atomic E-state index is 10.7. The van der Waals surface area contributed by atoms with Crippen LogP contribution >= 0.6 is 11.8 Å². The summed E-state index contributed by atoms with van der Waals surface area (Å²) in [6, 6.07) is 0. The Labute approximate surface area is 70.6 Å². The van der Waals surface area contributed by atoms with Crippen molar-refractivity contribution in [3.63, 3.8) is 0 Å². The molecule has 0 aliphatic rings. The molecule has 0 heterocycles. The van der Waals surface area contributed by atoms with E-state index in [1.807, 2.05) is 0 Å². The largest absolute Gasteiger partial charge is 0.345 e. The monoisotopic (exact) mass is 176 g/mol. The van der Waals surface area contributed by atoms with E-state index >= 15 is 0 Å². The van der Waals surface area contributed by atoms with Gasteiger partial charge in [0, 0.05) is 26.3 Å². The summed E-state index contributed by atoms with van der Waals surface area (Å²) in [7, 11) is 1.75. The second kappa shape index (κ2) is 5.01. The normalized spacial score (nSPS) is 9.27. The maximum atomic E-state index is 10.7. The van der Waals surface area contributed by atoms with E-state index in [2.05, 4.69) is 0 Å². The predicted molar refractivity (Wildman–Crippen MR) is 46.9 cm³/mol. The van der Waals surface area contributed by atoms with Gasteiger partial charge in [-0.1, -0.05) is 0 Å². The van der Waals surface area contributed by atoms with Gasteiger partial charge in [-0.05, 0) is 11.8 Å². The number of nitrogens with two attached hydrogens (primary N) is 2. The summed E-state index contributed by atoms with van der Waals surface area (Å²) in [6.07, 6.45) is 0. The Hall–Kier alpha value is -0.710. The first kappa shape index (κ1) is 10.3. The molecule has 4 N–H and O–H groups in total. The van der Waals surface area contributed by atoms with Crippen LogP contribution in [0.2, 0.25) is 0 Å². The fourth-order valence-corrected chi connectivity index (χ4v) is 1.06. The lowest BCUT2D eigenvalue weighted by Gasteiger charge is -2.12. The van der Waals surface area contributed by atoms with Crippen molar-refractivity contribution in [2.75, 3.05) is 19.3 Å². The quantitative estimate of drug-likeness (QED) is 0.396. The van der Waals surface area contributed by atoms with E-state index in [9.17, 15) is 4.79 Å². The molecule has 64 valence electrons. The minimum absolute atomic E-state index is 0.0567. The molecule has 4 nitrogen and oxygen atoms in total. The van der Waals surface area contributed by atoms with Crippen molar-refractivity contribution in [3.8, 4) is 0 Å². The average molecular weight is 176 g/mol. The molecule has 1 amide bonds. The number of hydrogen-bond donors (Lipinski definition) is 2. The van der Waals surface area contributed by atoms with Crippen LogP contribution in [0.25, 0.3) is 0 Å². The number of nitrogens with zero attached hydrogens (tertiary/aromatic N) is 1. The molecule has 0 saturated carbocycles. The third kappa shape index (κ3) is 5.72. The third-order valence-corrected chi connectivity index (χ3v) is 1.95. The Balaban J connectivity index is 3.39. The van der Waals surface area contributed by atoms with Gasteiger partial charge >= 0.3 is 0 Å². The molecule has 0 aromatic rings. The zero-order valence-corrected chi connectivity index (χ0v) is 7.65. The first-order chi connectivity index (χ1) is 5.04.